The molecule has 0 aliphatic rings. The number of benzene rings is 1. The zero-order chi connectivity index (χ0) is 14.5. The summed E-state index contributed by atoms with van der Waals surface area (Å²) in [7, 11) is 1.95. The molecule has 0 saturated heterocycles. The van der Waals surface area contributed by atoms with E-state index >= 15 is 0 Å². The molecule has 4 heteroatoms. The van der Waals surface area contributed by atoms with Crippen LogP contribution in [-0.2, 0) is 22.5 Å². The zero-order valence-corrected chi connectivity index (χ0v) is 12.4. The van der Waals surface area contributed by atoms with Crippen LogP contribution in [0.5, 0.6) is 0 Å². The lowest BCUT2D eigenvalue weighted by atomic mass is 10.1. The van der Waals surface area contributed by atoms with Gasteiger partial charge in [-0.25, -0.2) is 0 Å². The molecular weight excluding hydrogens is 252 g/mol. The van der Waals surface area contributed by atoms with Crippen molar-refractivity contribution in [2.75, 3.05) is 20.2 Å². The van der Waals surface area contributed by atoms with Crippen LogP contribution in [0.15, 0.2) is 24.4 Å². The van der Waals surface area contributed by atoms with Gasteiger partial charge < -0.3 is 14.6 Å². The first-order chi connectivity index (χ1) is 9.67. The molecule has 0 radical (unpaired) electrons. The summed E-state index contributed by atoms with van der Waals surface area (Å²) in [4.78, 5) is 11.7. The number of rotatable bonds is 6. The van der Waals surface area contributed by atoms with Crippen molar-refractivity contribution in [1.29, 1.82) is 0 Å². The molecule has 0 aliphatic heterocycles. The van der Waals surface area contributed by atoms with E-state index in [1.54, 1.807) is 0 Å². The van der Waals surface area contributed by atoms with Gasteiger partial charge in [0.1, 0.15) is 6.54 Å². The molecule has 4 nitrogen and oxygen atoms in total. The second-order valence-electron chi connectivity index (χ2n) is 4.91. The van der Waals surface area contributed by atoms with Crippen LogP contribution in [0, 0.1) is 6.92 Å². The number of likely N-dealkylation sites (N-methyl/N-ethyl adjacent to an activating group) is 1. The number of nitrogens with zero attached hydrogens (tertiary/aromatic N) is 1. The van der Waals surface area contributed by atoms with Crippen LogP contribution in [0.2, 0.25) is 0 Å². The number of aryl methyl sites for hydroxylation is 1. The maximum Gasteiger partial charge on any atom is 0.325 e. The fourth-order valence-electron chi connectivity index (χ4n) is 2.56. The first kappa shape index (κ1) is 14.6. The van der Waals surface area contributed by atoms with Crippen molar-refractivity contribution in [3.63, 3.8) is 0 Å². The predicted molar refractivity (Wildman–Crippen MR) is 80.9 cm³/mol. The highest BCUT2D eigenvalue weighted by Gasteiger charge is 2.12. The summed E-state index contributed by atoms with van der Waals surface area (Å²) in [5, 5.41) is 4.43. The van der Waals surface area contributed by atoms with E-state index < -0.39 is 0 Å². The van der Waals surface area contributed by atoms with Crippen molar-refractivity contribution in [2.24, 2.45) is 0 Å². The molecule has 1 aromatic carbocycles. The van der Waals surface area contributed by atoms with Gasteiger partial charge in [-0.2, -0.15) is 0 Å². The Hall–Kier alpha value is -1.81. The van der Waals surface area contributed by atoms with E-state index in [4.69, 9.17) is 4.74 Å². The summed E-state index contributed by atoms with van der Waals surface area (Å²) in [6.07, 6.45) is 3.03. The van der Waals surface area contributed by atoms with Crippen LogP contribution in [-0.4, -0.2) is 30.7 Å². The molecule has 2 aromatic rings. The monoisotopic (exact) mass is 274 g/mol. The second kappa shape index (κ2) is 6.57. The Kier molecular flexibility index (Phi) is 4.79. The number of ether oxygens (including phenoxy) is 1. The lowest BCUT2D eigenvalue weighted by Crippen LogP contribution is -2.13. The molecule has 0 amide bonds. The SMILES string of the molecule is CCOC(=O)Cn1cc(CCNC)c2c(C)cccc21. The van der Waals surface area contributed by atoms with Gasteiger partial charge in [-0.15, -0.1) is 0 Å². The van der Waals surface area contributed by atoms with Crippen molar-refractivity contribution in [1.82, 2.24) is 9.88 Å². The van der Waals surface area contributed by atoms with Crippen LogP contribution in [0.4, 0.5) is 0 Å². The molecule has 1 aromatic heterocycles. The van der Waals surface area contributed by atoms with E-state index in [9.17, 15) is 4.79 Å². The zero-order valence-electron chi connectivity index (χ0n) is 12.4. The molecule has 0 saturated carbocycles. The lowest BCUT2D eigenvalue weighted by molar-refractivity contribution is -0.143. The minimum Gasteiger partial charge on any atom is -0.465 e. The maximum atomic E-state index is 11.7. The average molecular weight is 274 g/mol. The fourth-order valence-corrected chi connectivity index (χ4v) is 2.56. The van der Waals surface area contributed by atoms with Gasteiger partial charge in [0, 0.05) is 17.1 Å². The van der Waals surface area contributed by atoms with Crippen molar-refractivity contribution in [3.05, 3.63) is 35.5 Å². The maximum absolute atomic E-state index is 11.7. The molecule has 2 rings (SSSR count). The Bertz CT molecular complexity index is 602. The molecule has 1 N–H and O–H groups in total. The molecule has 0 bridgehead atoms. The first-order valence-electron chi connectivity index (χ1n) is 7.05. The van der Waals surface area contributed by atoms with E-state index in [1.807, 2.05) is 24.6 Å². The van der Waals surface area contributed by atoms with Crippen LogP contribution >= 0.6 is 0 Å². The number of carbonyl (C=O) groups excluding carboxylic acids is 1. The van der Waals surface area contributed by atoms with E-state index in [2.05, 4.69) is 30.6 Å². The number of carbonyl (C=O) groups is 1. The number of fused-ring (bicyclic) bond motifs is 1. The highest BCUT2D eigenvalue weighted by atomic mass is 16.5. The summed E-state index contributed by atoms with van der Waals surface area (Å²) >= 11 is 0. The quantitative estimate of drug-likeness (QED) is 0.822. The molecule has 0 unspecified atom stereocenters. The predicted octanol–water partition coefficient (Wildman–Crippen LogP) is 2.27. The molecular formula is C16H22N2O2. The Balaban J connectivity index is 2.39. The topological polar surface area (TPSA) is 43.3 Å². The molecule has 0 aliphatic carbocycles. The Morgan fingerprint density at radius 1 is 1.40 bits per heavy atom. The van der Waals surface area contributed by atoms with Gasteiger partial charge in [0.05, 0.1) is 6.61 Å². The van der Waals surface area contributed by atoms with E-state index in [1.165, 1.54) is 16.5 Å². The number of nitrogens with one attached hydrogen (secondary N) is 1. The average Bonchev–Trinajstić information content (AvgIpc) is 2.76. The van der Waals surface area contributed by atoms with Gasteiger partial charge in [-0.1, -0.05) is 12.1 Å². The third-order valence-corrected chi connectivity index (χ3v) is 3.44. The summed E-state index contributed by atoms with van der Waals surface area (Å²) in [6.45, 7) is 5.55. The summed E-state index contributed by atoms with van der Waals surface area (Å²) in [6, 6.07) is 6.20. The van der Waals surface area contributed by atoms with Crippen LogP contribution in [0.1, 0.15) is 18.1 Å². The minimum absolute atomic E-state index is 0.189. The standard InChI is InChI=1S/C16H22N2O2/c1-4-20-15(19)11-18-10-13(8-9-17-3)16-12(2)6-5-7-14(16)18/h5-7,10,17H,4,8-9,11H2,1-3H3. The van der Waals surface area contributed by atoms with Crippen molar-refractivity contribution >= 4 is 16.9 Å². The Labute approximate surface area is 119 Å². The van der Waals surface area contributed by atoms with Gasteiger partial charge in [0.15, 0.2) is 0 Å². The first-order valence-corrected chi connectivity index (χ1v) is 7.05. The van der Waals surface area contributed by atoms with Gasteiger partial charge in [-0.3, -0.25) is 4.79 Å². The highest BCUT2D eigenvalue weighted by Crippen LogP contribution is 2.25. The largest absolute Gasteiger partial charge is 0.465 e. The van der Waals surface area contributed by atoms with Gasteiger partial charge >= 0.3 is 5.97 Å². The van der Waals surface area contributed by atoms with Crippen molar-refractivity contribution in [2.45, 2.75) is 26.8 Å². The molecule has 20 heavy (non-hydrogen) atoms. The van der Waals surface area contributed by atoms with E-state index in [0.717, 1.165) is 18.5 Å². The number of hydrogen-bond donors (Lipinski definition) is 1. The smallest absolute Gasteiger partial charge is 0.325 e. The fraction of sp³-hybridized carbons (Fsp3) is 0.438. The number of hydrogen-bond acceptors (Lipinski definition) is 3. The van der Waals surface area contributed by atoms with Gasteiger partial charge in [-0.05, 0) is 51.1 Å². The summed E-state index contributed by atoms with van der Waals surface area (Å²) < 4.78 is 7.03. The molecule has 1 heterocycles. The number of esters is 1. The second-order valence-corrected chi connectivity index (χ2v) is 4.91. The molecule has 0 spiro atoms. The van der Waals surface area contributed by atoms with Gasteiger partial charge in [0.25, 0.3) is 0 Å². The summed E-state index contributed by atoms with van der Waals surface area (Å²) in [5.74, 6) is -0.189. The van der Waals surface area contributed by atoms with Gasteiger partial charge in [0.2, 0.25) is 0 Å². The van der Waals surface area contributed by atoms with Crippen LogP contribution in [0.25, 0.3) is 10.9 Å². The van der Waals surface area contributed by atoms with Crippen molar-refractivity contribution in [3.8, 4) is 0 Å². The molecule has 0 fully saturated rings. The minimum atomic E-state index is -0.189. The van der Waals surface area contributed by atoms with Crippen LogP contribution in [0.3, 0.4) is 0 Å². The molecule has 0 atom stereocenters. The Morgan fingerprint density at radius 3 is 2.90 bits per heavy atom. The lowest BCUT2D eigenvalue weighted by Gasteiger charge is -2.05. The summed E-state index contributed by atoms with van der Waals surface area (Å²) in [5.41, 5.74) is 3.62. The number of aromatic nitrogens is 1. The highest BCUT2D eigenvalue weighted by molar-refractivity contribution is 5.88. The third-order valence-electron chi connectivity index (χ3n) is 3.44. The molecule has 108 valence electrons. The van der Waals surface area contributed by atoms with Crippen LogP contribution < -0.4 is 5.32 Å². The Morgan fingerprint density at radius 2 is 2.20 bits per heavy atom. The van der Waals surface area contributed by atoms with E-state index in [0.29, 0.717) is 6.61 Å². The normalized spacial score (nSPS) is 10.9. The third kappa shape index (κ3) is 3.02. The van der Waals surface area contributed by atoms with E-state index in [-0.39, 0.29) is 12.5 Å². The van der Waals surface area contributed by atoms with Crippen molar-refractivity contribution < 1.29 is 9.53 Å².